The van der Waals surface area contributed by atoms with Crippen LogP contribution in [0.1, 0.15) is 5.56 Å². The SMILES string of the molecule is Fc1ccc(NCc2ccc(Br)cc2F)cc1F. The van der Waals surface area contributed by atoms with Crippen molar-refractivity contribution < 1.29 is 13.2 Å². The van der Waals surface area contributed by atoms with Crippen molar-refractivity contribution in [3.8, 4) is 0 Å². The van der Waals surface area contributed by atoms with Crippen molar-refractivity contribution >= 4 is 21.6 Å². The van der Waals surface area contributed by atoms with Crippen LogP contribution < -0.4 is 5.32 Å². The summed E-state index contributed by atoms with van der Waals surface area (Å²) in [5, 5.41) is 2.83. The number of hydrogen-bond acceptors (Lipinski definition) is 1. The molecule has 0 saturated carbocycles. The highest BCUT2D eigenvalue weighted by atomic mass is 79.9. The molecule has 0 atom stereocenters. The maximum Gasteiger partial charge on any atom is 0.160 e. The van der Waals surface area contributed by atoms with E-state index in [0.717, 1.165) is 12.1 Å². The molecule has 0 saturated heterocycles. The van der Waals surface area contributed by atoms with Crippen molar-refractivity contribution in [3.05, 3.63) is 63.9 Å². The fourth-order valence-corrected chi connectivity index (χ4v) is 1.80. The molecular formula is C13H9BrF3N. The minimum absolute atomic E-state index is 0.199. The van der Waals surface area contributed by atoms with E-state index >= 15 is 0 Å². The molecule has 2 aromatic carbocycles. The highest BCUT2D eigenvalue weighted by molar-refractivity contribution is 9.10. The molecule has 0 spiro atoms. The van der Waals surface area contributed by atoms with E-state index in [4.69, 9.17) is 0 Å². The summed E-state index contributed by atoms with van der Waals surface area (Å²) in [5.74, 6) is -2.20. The largest absolute Gasteiger partial charge is 0.381 e. The van der Waals surface area contributed by atoms with Gasteiger partial charge in [-0.05, 0) is 24.3 Å². The third kappa shape index (κ3) is 3.04. The Bertz CT molecular complexity index is 572. The van der Waals surface area contributed by atoms with Crippen LogP contribution in [0.25, 0.3) is 0 Å². The van der Waals surface area contributed by atoms with E-state index in [9.17, 15) is 13.2 Å². The molecule has 0 unspecified atom stereocenters. The smallest absolute Gasteiger partial charge is 0.160 e. The topological polar surface area (TPSA) is 12.0 Å². The lowest BCUT2D eigenvalue weighted by atomic mass is 10.2. The molecule has 94 valence electrons. The molecule has 0 aliphatic rings. The number of hydrogen-bond donors (Lipinski definition) is 1. The molecule has 1 nitrogen and oxygen atoms in total. The number of nitrogens with one attached hydrogen (secondary N) is 1. The van der Waals surface area contributed by atoms with Gasteiger partial charge in [-0.3, -0.25) is 0 Å². The van der Waals surface area contributed by atoms with Crippen LogP contribution in [0, 0.1) is 17.5 Å². The zero-order valence-electron chi connectivity index (χ0n) is 9.18. The Balaban J connectivity index is 2.09. The van der Waals surface area contributed by atoms with Gasteiger partial charge in [0.1, 0.15) is 5.82 Å². The first kappa shape index (κ1) is 13.0. The molecular weight excluding hydrogens is 307 g/mol. The van der Waals surface area contributed by atoms with Gasteiger partial charge < -0.3 is 5.32 Å². The van der Waals surface area contributed by atoms with Crippen LogP contribution in [0.3, 0.4) is 0 Å². The summed E-state index contributed by atoms with van der Waals surface area (Å²) in [4.78, 5) is 0. The van der Waals surface area contributed by atoms with Crippen LogP contribution in [0.5, 0.6) is 0 Å². The molecule has 1 N–H and O–H groups in total. The van der Waals surface area contributed by atoms with Gasteiger partial charge in [-0.1, -0.05) is 22.0 Å². The van der Waals surface area contributed by atoms with Crippen molar-refractivity contribution in [2.75, 3.05) is 5.32 Å². The second-order valence-corrected chi connectivity index (χ2v) is 4.63. The Labute approximate surface area is 111 Å². The Kier molecular flexibility index (Phi) is 3.91. The third-order valence-electron chi connectivity index (χ3n) is 2.42. The van der Waals surface area contributed by atoms with Crippen molar-refractivity contribution in [1.29, 1.82) is 0 Å². The van der Waals surface area contributed by atoms with E-state index in [1.165, 1.54) is 12.1 Å². The highest BCUT2D eigenvalue weighted by Crippen LogP contribution is 2.18. The van der Waals surface area contributed by atoms with Gasteiger partial charge in [0.05, 0.1) is 0 Å². The summed E-state index contributed by atoms with van der Waals surface area (Å²) in [6.45, 7) is 0.199. The quantitative estimate of drug-likeness (QED) is 0.880. The summed E-state index contributed by atoms with van der Waals surface area (Å²) in [5.41, 5.74) is 0.846. The van der Waals surface area contributed by atoms with Gasteiger partial charge in [-0.2, -0.15) is 0 Å². The first-order valence-corrected chi connectivity index (χ1v) is 5.98. The van der Waals surface area contributed by atoms with Crippen molar-refractivity contribution in [2.45, 2.75) is 6.54 Å². The van der Waals surface area contributed by atoms with E-state index in [-0.39, 0.29) is 12.4 Å². The number of halogens is 4. The van der Waals surface area contributed by atoms with Crippen molar-refractivity contribution in [1.82, 2.24) is 0 Å². The van der Waals surface area contributed by atoms with Gasteiger partial charge in [-0.25, -0.2) is 13.2 Å². The minimum atomic E-state index is -0.934. The first-order valence-electron chi connectivity index (χ1n) is 5.19. The predicted octanol–water partition coefficient (Wildman–Crippen LogP) is 4.48. The summed E-state index contributed by atoms with van der Waals surface area (Å²) in [7, 11) is 0. The summed E-state index contributed by atoms with van der Waals surface area (Å²) < 4.78 is 39.8. The Morgan fingerprint density at radius 3 is 2.33 bits per heavy atom. The molecule has 0 aliphatic heterocycles. The van der Waals surface area contributed by atoms with E-state index in [2.05, 4.69) is 21.2 Å². The average molecular weight is 316 g/mol. The van der Waals surface area contributed by atoms with E-state index in [1.807, 2.05) is 0 Å². The molecule has 0 amide bonds. The highest BCUT2D eigenvalue weighted by Gasteiger charge is 2.05. The lowest BCUT2D eigenvalue weighted by Crippen LogP contribution is -2.02. The van der Waals surface area contributed by atoms with E-state index in [0.29, 0.717) is 15.7 Å². The van der Waals surface area contributed by atoms with Crippen molar-refractivity contribution in [3.63, 3.8) is 0 Å². The fourth-order valence-electron chi connectivity index (χ4n) is 1.47. The van der Waals surface area contributed by atoms with Crippen LogP contribution in [0.2, 0.25) is 0 Å². The van der Waals surface area contributed by atoms with Gasteiger partial charge in [0.15, 0.2) is 11.6 Å². The molecule has 0 aromatic heterocycles. The van der Waals surface area contributed by atoms with Crippen molar-refractivity contribution in [2.24, 2.45) is 0 Å². The maximum absolute atomic E-state index is 13.5. The maximum atomic E-state index is 13.5. The van der Waals surface area contributed by atoms with Crippen LogP contribution in [0.4, 0.5) is 18.9 Å². The van der Waals surface area contributed by atoms with Gasteiger partial charge >= 0.3 is 0 Å². The molecule has 5 heteroatoms. The standard InChI is InChI=1S/C13H9BrF3N/c14-9-2-1-8(12(16)5-9)7-18-10-3-4-11(15)13(17)6-10/h1-6,18H,7H2. The minimum Gasteiger partial charge on any atom is -0.381 e. The van der Waals surface area contributed by atoms with E-state index < -0.39 is 11.6 Å². The second kappa shape index (κ2) is 5.44. The molecule has 0 radical (unpaired) electrons. The van der Waals surface area contributed by atoms with Crippen LogP contribution in [0.15, 0.2) is 40.9 Å². The number of anilines is 1. The molecule has 0 heterocycles. The monoisotopic (exact) mass is 315 g/mol. The molecule has 0 bridgehead atoms. The third-order valence-corrected chi connectivity index (χ3v) is 2.91. The molecule has 0 fully saturated rings. The zero-order chi connectivity index (χ0) is 13.1. The van der Waals surface area contributed by atoms with Gasteiger partial charge in [0.2, 0.25) is 0 Å². The number of rotatable bonds is 3. The molecule has 0 aliphatic carbocycles. The lowest BCUT2D eigenvalue weighted by molar-refractivity contribution is 0.509. The fraction of sp³-hybridized carbons (Fsp3) is 0.0769. The van der Waals surface area contributed by atoms with Gasteiger partial charge in [-0.15, -0.1) is 0 Å². The normalized spacial score (nSPS) is 10.4. The zero-order valence-corrected chi connectivity index (χ0v) is 10.8. The Morgan fingerprint density at radius 1 is 0.889 bits per heavy atom. The summed E-state index contributed by atoms with van der Waals surface area (Å²) in [6, 6.07) is 8.14. The van der Waals surface area contributed by atoms with Gasteiger partial charge in [0.25, 0.3) is 0 Å². The Hall–Kier alpha value is -1.49. The Morgan fingerprint density at radius 2 is 1.67 bits per heavy atom. The summed E-state index contributed by atoms with van der Waals surface area (Å²) >= 11 is 3.16. The average Bonchev–Trinajstić information content (AvgIpc) is 2.32. The molecule has 2 rings (SSSR count). The second-order valence-electron chi connectivity index (χ2n) is 3.72. The van der Waals surface area contributed by atoms with Crippen LogP contribution in [-0.2, 0) is 6.54 Å². The molecule has 18 heavy (non-hydrogen) atoms. The lowest BCUT2D eigenvalue weighted by Gasteiger charge is -2.08. The predicted molar refractivity (Wildman–Crippen MR) is 67.8 cm³/mol. The first-order chi connectivity index (χ1) is 8.56. The van der Waals surface area contributed by atoms with E-state index in [1.54, 1.807) is 12.1 Å². The van der Waals surface area contributed by atoms with Crippen LogP contribution in [-0.4, -0.2) is 0 Å². The van der Waals surface area contributed by atoms with Gasteiger partial charge in [0, 0.05) is 28.3 Å². The number of benzene rings is 2. The van der Waals surface area contributed by atoms with Crippen LogP contribution >= 0.6 is 15.9 Å². The molecule has 2 aromatic rings. The summed E-state index contributed by atoms with van der Waals surface area (Å²) in [6.07, 6.45) is 0.